The van der Waals surface area contributed by atoms with Crippen LogP contribution in [0, 0.1) is 0 Å². The van der Waals surface area contributed by atoms with E-state index in [4.69, 9.17) is 0 Å². The third-order valence-electron chi connectivity index (χ3n) is 2.44. The molecule has 16 heavy (non-hydrogen) atoms. The monoisotopic (exact) mass is 279 g/mol. The van der Waals surface area contributed by atoms with Gasteiger partial charge in [0.25, 0.3) is 0 Å². The van der Waals surface area contributed by atoms with E-state index in [-0.39, 0.29) is 0 Å². The van der Waals surface area contributed by atoms with Crippen LogP contribution >= 0.6 is 15.9 Å². The van der Waals surface area contributed by atoms with Crippen LogP contribution in [0.3, 0.4) is 0 Å². The first-order chi connectivity index (χ1) is 7.79. The molecule has 2 rings (SSSR count). The fourth-order valence-electron chi connectivity index (χ4n) is 1.63. The van der Waals surface area contributed by atoms with Gasteiger partial charge in [-0.05, 0) is 24.1 Å². The summed E-state index contributed by atoms with van der Waals surface area (Å²) >= 11 is 3.43. The number of rotatable bonds is 4. The molecule has 0 aliphatic carbocycles. The molecule has 0 bridgehead atoms. The van der Waals surface area contributed by atoms with E-state index >= 15 is 0 Å². The van der Waals surface area contributed by atoms with Gasteiger partial charge in [-0.15, -0.1) is 10.2 Å². The summed E-state index contributed by atoms with van der Waals surface area (Å²) < 4.78 is 3.22. The van der Waals surface area contributed by atoms with E-state index in [9.17, 15) is 0 Å². The minimum atomic E-state index is 0.841. The van der Waals surface area contributed by atoms with Crippen LogP contribution in [0.2, 0.25) is 0 Å². The zero-order chi connectivity index (χ0) is 11.4. The summed E-state index contributed by atoms with van der Waals surface area (Å²) in [5.41, 5.74) is 1.26. The highest BCUT2D eigenvalue weighted by Crippen LogP contribution is 2.13. The second kappa shape index (κ2) is 5.25. The summed E-state index contributed by atoms with van der Waals surface area (Å²) in [4.78, 5) is 0. The predicted octanol–water partition coefficient (Wildman–Crippen LogP) is 3.04. The normalized spacial score (nSPS) is 10.6. The summed E-state index contributed by atoms with van der Waals surface area (Å²) in [5.74, 6) is 1.03. The van der Waals surface area contributed by atoms with Gasteiger partial charge in [0.1, 0.15) is 12.2 Å². The molecule has 84 valence electrons. The van der Waals surface area contributed by atoms with Crippen molar-refractivity contribution in [3.63, 3.8) is 0 Å². The van der Waals surface area contributed by atoms with Crippen molar-refractivity contribution in [1.82, 2.24) is 14.8 Å². The smallest absolute Gasteiger partial charge is 0.137 e. The van der Waals surface area contributed by atoms with E-state index in [0.717, 1.165) is 29.7 Å². The van der Waals surface area contributed by atoms with Crippen molar-refractivity contribution in [2.75, 3.05) is 0 Å². The lowest BCUT2D eigenvalue weighted by Crippen LogP contribution is -2.03. The molecule has 0 atom stereocenters. The number of hydrogen-bond donors (Lipinski definition) is 0. The summed E-state index contributed by atoms with van der Waals surface area (Å²) in [6, 6.07) is 8.32. The van der Waals surface area contributed by atoms with Gasteiger partial charge in [0.05, 0.1) is 0 Å². The number of aromatic nitrogens is 3. The van der Waals surface area contributed by atoms with Gasteiger partial charge in [0.15, 0.2) is 0 Å². The number of nitrogens with zero attached hydrogens (tertiary/aromatic N) is 3. The van der Waals surface area contributed by atoms with Crippen molar-refractivity contribution in [3.8, 4) is 0 Å². The maximum Gasteiger partial charge on any atom is 0.137 e. The maximum atomic E-state index is 4.15. The van der Waals surface area contributed by atoms with Crippen molar-refractivity contribution in [1.29, 1.82) is 0 Å². The Morgan fingerprint density at radius 3 is 2.69 bits per heavy atom. The second-order valence-electron chi connectivity index (χ2n) is 3.74. The van der Waals surface area contributed by atoms with Crippen LogP contribution in [-0.2, 0) is 13.0 Å². The largest absolute Gasteiger partial charge is 0.317 e. The first kappa shape index (κ1) is 11.3. The van der Waals surface area contributed by atoms with Crippen LogP contribution in [-0.4, -0.2) is 14.8 Å². The molecule has 0 saturated carbocycles. The van der Waals surface area contributed by atoms with E-state index in [1.807, 2.05) is 0 Å². The standard InChI is InChI=1S/C12H14BrN3/c1-2-7-16-9-14-15-12(16)8-10-3-5-11(13)6-4-10/h3-6,9H,2,7-8H2,1H3. The minimum absolute atomic E-state index is 0.841. The Labute approximate surface area is 104 Å². The fourth-order valence-corrected chi connectivity index (χ4v) is 1.89. The Bertz CT molecular complexity index is 448. The van der Waals surface area contributed by atoms with Crippen molar-refractivity contribution in [3.05, 3.63) is 46.5 Å². The highest BCUT2D eigenvalue weighted by Gasteiger charge is 2.04. The van der Waals surface area contributed by atoms with Gasteiger partial charge in [-0.25, -0.2) is 0 Å². The first-order valence-corrected chi connectivity index (χ1v) is 6.20. The zero-order valence-electron chi connectivity index (χ0n) is 9.23. The van der Waals surface area contributed by atoms with Crippen LogP contribution in [0.25, 0.3) is 0 Å². The molecule has 1 heterocycles. The van der Waals surface area contributed by atoms with Gasteiger partial charge in [-0.1, -0.05) is 35.0 Å². The van der Waals surface area contributed by atoms with Gasteiger partial charge in [0, 0.05) is 17.4 Å². The Balaban J connectivity index is 2.13. The molecule has 0 saturated heterocycles. The van der Waals surface area contributed by atoms with E-state index in [2.05, 4.69) is 61.9 Å². The maximum absolute atomic E-state index is 4.15. The predicted molar refractivity (Wildman–Crippen MR) is 67.3 cm³/mol. The lowest BCUT2D eigenvalue weighted by molar-refractivity contribution is 0.646. The molecule has 0 radical (unpaired) electrons. The van der Waals surface area contributed by atoms with Crippen molar-refractivity contribution < 1.29 is 0 Å². The molecular weight excluding hydrogens is 266 g/mol. The van der Waals surface area contributed by atoms with Crippen LogP contribution in [0.15, 0.2) is 35.1 Å². The number of halogens is 1. The van der Waals surface area contributed by atoms with Gasteiger partial charge in [-0.2, -0.15) is 0 Å². The van der Waals surface area contributed by atoms with Gasteiger partial charge in [0.2, 0.25) is 0 Å². The quantitative estimate of drug-likeness (QED) is 0.861. The molecule has 0 unspecified atom stereocenters. The topological polar surface area (TPSA) is 30.7 Å². The summed E-state index contributed by atoms with van der Waals surface area (Å²) in [5, 5.41) is 8.11. The Kier molecular flexibility index (Phi) is 3.72. The number of aryl methyl sites for hydroxylation is 1. The Hall–Kier alpha value is -1.16. The Morgan fingerprint density at radius 1 is 1.25 bits per heavy atom. The van der Waals surface area contributed by atoms with Crippen molar-refractivity contribution in [2.24, 2.45) is 0 Å². The first-order valence-electron chi connectivity index (χ1n) is 5.40. The van der Waals surface area contributed by atoms with Crippen molar-refractivity contribution >= 4 is 15.9 Å². The molecular formula is C12H14BrN3. The molecule has 2 aromatic rings. The van der Waals surface area contributed by atoms with E-state index in [1.54, 1.807) is 6.33 Å². The molecule has 0 fully saturated rings. The average Bonchev–Trinajstić information content (AvgIpc) is 2.70. The van der Waals surface area contributed by atoms with Gasteiger partial charge >= 0.3 is 0 Å². The second-order valence-corrected chi connectivity index (χ2v) is 4.66. The summed E-state index contributed by atoms with van der Waals surface area (Å²) in [6.45, 7) is 3.14. The summed E-state index contributed by atoms with van der Waals surface area (Å²) in [6.07, 6.45) is 3.75. The molecule has 0 amide bonds. The summed E-state index contributed by atoms with van der Waals surface area (Å²) in [7, 11) is 0. The van der Waals surface area contributed by atoms with E-state index in [0.29, 0.717) is 0 Å². The molecule has 4 heteroatoms. The van der Waals surface area contributed by atoms with Crippen LogP contribution < -0.4 is 0 Å². The molecule has 0 aliphatic heterocycles. The van der Waals surface area contributed by atoms with Crippen LogP contribution in [0.4, 0.5) is 0 Å². The zero-order valence-corrected chi connectivity index (χ0v) is 10.8. The van der Waals surface area contributed by atoms with E-state index < -0.39 is 0 Å². The highest BCUT2D eigenvalue weighted by atomic mass is 79.9. The molecule has 1 aromatic heterocycles. The number of benzene rings is 1. The number of hydrogen-bond acceptors (Lipinski definition) is 2. The third kappa shape index (κ3) is 2.70. The van der Waals surface area contributed by atoms with Crippen LogP contribution in [0.1, 0.15) is 24.7 Å². The average molecular weight is 280 g/mol. The lowest BCUT2D eigenvalue weighted by Gasteiger charge is -2.04. The molecule has 0 spiro atoms. The van der Waals surface area contributed by atoms with Crippen molar-refractivity contribution in [2.45, 2.75) is 26.3 Å². The molecule has 0 N–H and O–H groups in total. The molecule has 1 aromatic carbocycles. The molecule has 0 aliphatic rings. The lowest BCUT2D eigenvalue weighted by atomic mass is 10.1. The third-order valence-corrected chi connectivity index (χ3v) is 2.96. The van der Waals surface area contributed by atoms with Gasteiger partial charge < -0.3 is 4.57 Å². The Morgan fingerprint density at radius 2 is 2.00 bits per heavy atom. The van der Waals surface area contributed by atoms with E-state index in [1.165, 1.54) is 5.56 Å². The van der Waals surface area contributed by atoms with Gasteiger partial charge in [-0.3, -0.25) is 0 Å². The minimum Gasteiger partial charge on any atom is -0.317 e. The highest BCUT2D eigenvalue weighted by molar-refractivity contribution is 9.10. The fraction of sp³-hybridized carbons (Fsp3) is 0.333. The SMILES string of the molecule is CCCn1cnnc1Cc1ccc(Br)cc1. The molecule has 3 nitrogen and oxygen atoms in total. The van der Waals surface area contributed by atoms with Crippen LogP contribution in [0.5, 0.6) is 0 Å².